The van der Waals surface area contributed by atoms with E-state index in [2.05, 4.69) is 19.2 Å². The molecule has 3 N–H and O–H groups in total. The van der Waals surface area contributed by atoms with Gasteiger partial charge in [-0.15, -0.1) is 0 Å². The van der Waals surface area contributed by atoms with Crippen molar-refractivity contribution in [3.8, 4) is 0 Å². The number of nitrogens with two attached hydrogens (primary N) is 1. The Morgan fingerprint density at radius 2 is 1.87 bits per heavy atom. The van der Waals surface area contributed by atoms with E-state index >= 15 is 0 Å². The Kier molecular flexibility index (Phi) is 6.41. The van der Waals surface area contributed by atoms with Gasteiger partial charge in [-0.25, -0.2) is 0 Å². The molecule has 0 amide bonds. The summed E-state index contributed by atoms with van der Waals surface area (Å²) >= 11 is 0. The van der Waals surface area contributed by atoms with Gasteiger partial charge in [-0.2, -0.15) is 0 Å². The summed E-state index contributed by atoms with van der Waals surface area (Å²) in [6.07, 6.45) is 0.141. The van der Waals surface area contributed by atoms with E-state index < -0.39 is 0 Å². The molecule has 15 heavy (non-hydrogen) atoms. The highest BCUT2D eigenvalue weighted by molar-refractivity contribution is 4.89. The average Bonchev–Trinajstić information content (AvgIpc) is 2.20. The number of ether oxygens (including phenoxy) is 1. The zero-order chi connectivity index (χ0) is 12.1. The van der Waals surface area contributed by atoms with Gasteiger partial charge in [-0.1, -0.05) is 27.7 Å². The van der Waals surface area contributed by atoms with Crippen LogP contribution in [-0.2, 0) is 4.74 Å². The number of hydrogen-bond acceptors (Lipinski definition) is 3. The maximum atomic E-state index is 5.97. The predicted octanol–water partition coefficient (Wildman–Crippen LogP) is 1.76. The molecule has 0 spiro atoms. The second-order valence-corrected chi connectivity index (χ2v) is 4.90. The standard InChI is InChI=1S/C10H22N2O.C2H6/c1-7(2)8-6-13-9(5-12-8)10(3,4)11;1-2/h7-9,12H,5-6,11H2,1-4H3;1-2H3. The molecule has 1 heterocycles. The molecule has 1 aliphatic heterocycles. The molecule has 0 bridgehead atoms. The monoisotopic (exact) mass is 216 g/mol. The largest absolute Gasteiger partial charge is 0.373 e. The van der Waals surface area contributed by atoms with Crippen molar-refractivity contribution in [3.05, 3.63) is 0 Å². The molecule has 0 aromatic heterocycles. The first-order valence-electron chi connectivity index (χ1n) is 6.05. The van der Waals surface area contributed by atoms with Crippen LogP contribution in [0.4, 0.5) is 0 Å². The van der Waals surface area contributed by atoms with Gasteiger partial charge < -0.3 is 15.8 Å². The lowest BCUT2D eigenvalue weighted by atomic mass is 9.95. The van der Waals surface area contributed by atoms with Crippen molar-refractivity contribution < 1.29 is 4.74 Å². The Balaban J connectivity index is 0.000000921. The van der Waals surface area contributed by atoms with Crippen LogP contribution in [0.2, 0.25) is 0 Å². The molecule has 92 valence electrons. The molecule has 0 radical (unpaired) electrons. The van der Waals surface area contributed by atoms with Gasteiger partial charge >= 0.3 is 0 Å². The SMILES string of the molecule is CC.CC(C)C1COC(C(C)(C)N)CN1. The third-order valence-electron chi connectivity index (χ3n) is 2.68. The molecule has 1 fully saturated rings. The fraction of sp³-hybridized carbons (Fsp3) is 1.00. The number of nitrogens with one attached hydrogen (secondary N) is 1. The lowest BCUT2D eigenvalue weighted by Gasteiger charge is -2.38. The van der Waals surface area contributed by atoms with E-state index in [1.54, 1.807) is 0 Å². The third-order valence-corrected chi connectivity index (χ3v) is 2.68. The van der Waals surface area contributed by atoms with Gasteiger partial charge in [-0.05, 0) is 19.8 Å². The molecule has 1 aliphatic rings. The summed E-state index contributed by atoms with van der Waals surface area (Å²) in [5, 5.41) is 3.47. The average molecular weight is 216 g/mol. The van der Waals surface area contributed by atoms with Crippen LogP contribution >= 0.6 is 0 Å². The molecule has 3 heteroatoms. The lowest BCUT2D eigenvalue weighted by molar-refractivity contribution is -0.0383. The van der Waals surface area contributed by atoms with E-state index in [1.165, 1.54) is 0 Å². The van der Waals surface area contributed by atoms with Crippen LogP contribution in [-0.4, -0.2) is 30.8 Å². The molecule has 0 aliphatic carbocycles. The summed E-state index contributed by atoms with van der Waals surface area (Å²) in [7, 11) is 0. The maximum Gasteiger partial charge on any atom is 0.0873 e. The summed E-state index contributed by atoms with van der Waals surface area (Å²) in [5.41, 5.74) is 5.73. The Hall–Kier alpha value is -0.120. The molecule has 2 unspecified atom stereocenters. The quantitative estimate of drug-likeness (QED) is 0.739. The first kappa shape index (κ1) is 14.9. The normalized spacial score (nSPS) is 27.2. The highest BCUT2D eigenvalue weighted by Crippen LogP contribution is 2.15. The third kappa shape index (κ3) is 4.96. The van der Waals surface area contributed by atoms with Gasteiger partial charge in [0.15, 0.2) is 0 Å². The van der Waals surface area contributed by atoms with Crippen molar-refractivity contribution in [1.82, 2.24) is 5.32 Å². The van der Waals surface area contributed by atoms with Gasteiger partial charge in [0.25, 0.3) is 0 Å². The highest BCUT2D eigenvalue weighted by atomic mass is 16.5. The van der Waals surface area contributed by atoms with Crippen LogP contribution in [0, 0.1) is 5.92 Å². The Morgan fingerprint density at radius 3 is 2.13 bits per heavy atom. The van der Waals surface area contributed by atoms with E-state index in [0.717, 1.165) is 13.2 Å². The molecule has 0 aromatic rings. The minimum absolute atomic E-state index is 0.141. The predicted molar refractivity (Wildman–Crippen MR) is 66.0 cm³/mol. The molecule has 3 nitrogen and oxygen atoms in total. The molecule has 1 saturated heterocycles. The number of morpholine rings is 1. The Morgan fingerprint density at radius 1 is 1.33 bits per heavy atom. The Bertz CT molecular complexity index is 155. The van der Waals surface area contributed by atoms with Crippen molar-refractivity contribution in [1.29, 1.82) is 0 Å². The van der Waals surface area contributed by atoms with Crippen LogP contribution in [0.25, 0.3) is 0 Å². The summed E-state index contributed by atoms with van der Waals surface area (Å²) in [6, 6.07) is 0.485. The van der Waals surface area contributed by atoms with Gasteiger partial charge in [0.05, 0.1) is 12.7 Å². The van der Waals surface area contributed by atoms with E-state index in [0.29, 0.717) is 12.0 Å². The minimum atomic E-state index is -0.241. The zero-order valence-electron chi connectivity index (χ0n) is 11.1. The van der Waals surface area contributed by atoms with E-state index in [9.17, 15) is 0 Å². The molecule has 0 aromatic carbocycles. The summed E-state index contributed by atoms with van der Waals surface area (Å²) < 4.78 is 5.73. The zero-order valence-corrected chi connectivity index (χ0v) is 11.1. The van der Waals surface area contributed by atoms with Crippen molar-refractivity contribution in [2.75, 3.05) is 13.2 Å². The fourth-order valence-corrected chi connectivity index (χ4v) is 1.50. The first-order chi connectivity index (χ1) is 6.91. The van der Waals surface area contributed by atoms with Gasteiger partial charge in [-0.3, -0.25) is 0 Å². The minimum Gasteiger partial charge on any atom is -0.373 e. The first-order valence-corrected chi connectivity index (χ1v) is 6.05. The second kappa shape index (κ2) is 6.46. The van der Waals surface area contributed by atoms with Gasteiger partial charge in [0.1, 0.15) is 0 Å². The van der Waals surface area contributed by atoms with Crippen LogP contribution in [0.5, 0.6) is 0 Å². The van der Waals surface area contributed by atoms with E-state index in [1.807, 2.05) is 27.7 Å². The van der Waals surface area contributed by atoms with Gasteiger partial charge in [0, 0.05) is 18.1 Å². The van der Waals surface area contributed by atoms with Crippen LogP contribution < -0.4 is 11.1 Å². The fourth-order valence-electron chi connectivity index (χ4n) is 1.50. The van der Waals surface area contributed by atoms with Crippen LogP contribution in [0.3, 0.4) is 0 Å². The highest BCUT2D eigenvalue weighted by Gasteiger charge is 2.31. The van der Waals surface area contributed by atoms with Crippen molar-refractivity contribution >= 4 is 0 Å². The molecule has 0 saturated carbocycles. The van der Waals surface area contributed by atoms with Crippen molar-refractivity contribution in [3.63, 3.8) is 0 Å². The van der Waals surface area contributed by atoms with Gasteiger partial charge in [0.2, 0.25) is 0 Å². The van der Waals surface area contributed by atoms with Crippen LogP contribution in [0.15, 0.2) is 0 Å². The summed E-state index contributed by atoms with van der Waals surface area (Å²) in [4.78, 5) is 0. The topological polar surface area (TPSA) is 47.3 Å². The number of hydrogen-bond donors (Lipinski definition) is 2. The summed E-state index contributed by atoms with van der Waals surface area (Å²) in [6.45, 7) is 14.1. The molecular formula is C12H28N2O. The molecular weight excluding hydrogens is 188 g/mol. The Labute approximate surface area is 94.8 Å². The van der Waals surface area contributed by atoms with Crippen molar-refractivity contribution in [2.24, 2.45) is 11.7 Å². The number of rotatable bonds is 2. The van der Waals surface area contributed by atoms with E-state index in [4.69, 9.17) is 10.5 Å². The summed E-state index contributed by atoms with van der Waals surface area (Å²) in [5.74, 6) is 0.627. The maximum absolute atomic E-state index is 5.97. The molecule has 2 atom stereocenters. The lowest BCUT2D eigenvalue weighted by Crippen LogP contribution is -2.58. The van der Waals surface area contributed by atoms with Crippen molar-refractivity contribution in [2.45, 2.75) is 59.2 Å². The van der Waals surface area contributed by atoms with Crippen LogP contribution in [0.1, 0.15) is 41.5 Å². The van der Waals surface area contributed by atoms with E-state index in [-0.39, 0.29) is 11.6 Å². The molecule has 1 rings (SSSR count). The smallest absolute Gasteiger partial charge is 0.0873 e. The second-order valence-electron chi connectivity index (χ2n) is 4.90.